The van der Waals surface area contributed by atoms with Crippen LogP contribution in [0.5, 0.6) is 0 Å². The fraction of sp³-hybridized carbons (Fsp3) is 0.105. The number of para-hydroxylation sites is 1. The lowest BCUT2D eigenvalue weighted by Crippen LogP contribution is -2.32. The summed E-state index contributed by atoms with van der Waals surface area (Å²) in [6.07, 6.45) is 1.04. The van der Waals surface area contributed by atoms with Crippen LogP contribution in [0, 0.1) is 10.1 Å². The largest absolute Gasteiger partial charge is 0.545 e. The predicted molar refractivity (Wildman–Crippen MR) is 112 cm³/mol. The van der Waals surface area contributed by atoms with E-state index in [4.69, 9.17) is 5.73 Å². The van der Waals surface area contributed by atoms with Gasteiger partial charge >= 0.3 is 0 Å². The zero-order chi connectivity index (χ0) is 22.5. The monoisotopic (exact) mass is 440 g/mol. The molecule has 31 heavy (non-hydrogen) atoms. The Kier molecular flexibility index (Phi) is 6.40. The van der Waals surface area contributed by atoms with E-state index in [1.54, 1.807) is 6.07 Å². The lowest BCUT2D eigenvalue weighted by molar-refractivity contribution is -0.385. The van der Waals surface area contributed by atoms with Crippen molar-refractivity contribution in [3.63, 3.8) is 0 Å². The maximum Gasteiger partial charge on any atom is 0.278 e. The number of hydrogen-bond donors (Lipinski definition) is 1. The zero-order valence-electron chi connectivity index (χ0n) is 15.7. The highest BCUT2D eigenvalue weighted by molar-refractivity contribution is 8.14. The first kappa shape index (κ1) is 21.6. The van der Waals surface area contributed by atoms with Crippen LogP contribution in [0.15, 0.2) is 58.7 Å². The van der Waals surface area contributed by atoms with Gasteiger partial charge in [0.05, 0.1) is 28.4 Å². The number of carboxylic acids is 1. The normalized spacial score (nSPS) is 16.8. The Hall–Kier alpha value is -4.06. The van der Waals surface area contributed by atoms with Crippen molar-refractivity contribution in [2.24, 2.45) is 15.9 Å². The van der Waals surface area contributed by atoms with Crippen LogP contribution in [0.2, 0.25) is 0 Å². The van der Waals surface area contributed by atoms with Gasteiger partial charge in [-0.1, -0.05) is 36.0 Å². The minimum Gasteiger partial charge on any atom is -0.545 e. The van der Waals surface area contributed by atoms with Gasteiger partial charge in [0.2, 0.25) is 11.8 Å². The number of amidine groups is 1. The third-order valence-corrected chi connectivity index (χ3v) is 5.19. The van der Waals surface area contributed by atoms with Gasteiger partial charge in [0, 0.05) is 12.5 Å². The van der Waals surface area contributed by atoms with Crippen molar-refractivity contribution in [2.45, 2.75) is 11.7 Å². The van der Waals surface area contributed by atoms with Crippen LogP contribution >= 0.6 is 11.8 Å². The molecule has 1 aliphatic rings. The van der Waals surface area contributed by atoms with Crippen LogP contribution in [0.1, 0.15) is 22.3 Å². The average molecular weight is 440 g/mol. The molecular weight excluding hydrogens is 426 g/mol. The number of nitro benzene ring substituents is 1. The molecular formula is C19H14N5O6S-. The second-order valence-corrected chi connectivity index (χ2v) is 7.43. The molecule has 1 atom stereocenters. The molecule has 2 amide bonds. The molecule has 0 spiro atoms. The number of nitro groups is 1. The first-order valence-corrected chi connectivity index (χ1v) is 9.60. The van der Waals surface area contributed by atoms with Gasteiger partial charge in [0.25, 0.3) is 5.69 Å². The molecule has 0 radical (unpaired) electrons. The topological polar surface area (TPSA) is 171 Å². The van der Waals surface area contributed by atoms with Crippen LogP contribution in [0.3, 0.4) is 0 Å². The van der Waals surface area contributed by atoms with Gasteiger partial charge in [-0.3, -0.25) is 19.7 Å². The number of hydrogen-bond acceptors (Lipinski definition) is 9. The number of nitrogens with two attached hydrogens (primary N) is 1. The van der Waals surface area contributed by atoms with Gasteiger partial charge in [0.15, 0.2) is 5.17 Å². The highest BCUT2D eigenvalue weighted by Crippen LogP contribution is 2.30. The maximum absolute atomic E-state index is 12.6. The minimum absolute atomic E-state index is 0.0818. The average Bonchev–Trinajstić information content (AvgIpc) is 3.01. The molecule has 2 N–H and O–H groups in total. The number of rotatable bonds is 6. The standard InChI is InChI=1S/C19H15N5O6S/c20-19(22-21-10-12-3-1-2-4-14(12)24(29)30)31-15-9-16(25)23(17(15)26)13-7-5-11(6-8-13)18(27)28/h1-8,10,15H,9H2,(H2,20,22)(H,27,28)/p-1/b21-10-/t15-/m0/s1. The maximum atomic E-state index is 12.6. The fourth-order valence-corrected chi connectivity index (χ4v) is 3.61. The Bertz CT molecular complexity index is 1120. The van der Waals surface area contributed by atoms with Crippen molar-refractivity contribution < 1.29 is 24.4 Å². The molecule has 1 fully saturated rings. The van der Waals surface area contributed by atoms with E-state index in [1.807, 2.05) is 0 Å². The summed E-state index contributed by atoms with van der Waals surface area (Å²) in [5, 5.41) is 28.3. The molecule has 0 aliphatic carbocycles. The van der Waals surface area contributed by atoms with Gasteiger partial charge in [0.1, 0.15) is 5.25 Å². The summed E-state index contributed by atoms with van der Waals surface area (Å²) in [7, 11) is 0. The number of thioether (sulfide) groups is 1. The van der Waals surface area contributed by atoms with Crippen LogP contribution in [0.4, 0.5) is 11.4 Å². The predicted octanol–water partition coefficient (Wildman–Crippen LogP) is 0.672. The lowest BCUT2D eigenvalue weighted by Gasteiger charge is -2.15. The van der Waals surface area contributed by atoms with Crippen LogP contribution in [-0.2, 0) is 9.59 Å². The summed E-state index contributed by atoms with van der Waals surface area (Å²) >= 11 is 0.835. The zero-order valence-corrected chi connectivity index (χ0v) is 16.5. The number of benzene rings is 2. The molecule has 0 bridgehead atoms. The third-order valence-electron chi connectivity index (χ3n) is 4.22. The van der Waals surface area contributed by atoms with Gasteiger partial charge in [-0.2, -0.15) is 5.10 Å². The Morgan fingerprint density at radius 2 is 1.87 bits per heavy atom. The lowest BCUT2D eigenvalue weighted by atomic mass is 10.2. The summed E-state index contributed by atoms with van der Waals surface area (Å²) in [5.41, 5.74) is 6.00. The molecule has 12 heteroatoms. The number of nitrogens with zero attached hydrogens (tertiary/aromatic N) is 4. The fourth-order valence-electron chi connectivity index (χ4n) is 2.79. The number of carbonyl (C=O) groups excluding carboxylic acids is 3. The molecule has 2 aromatic carbocycles. The Labute approximate surface area is 179 Å². The van der Waals surface area contributed by atoms with E-state index in [0.717, 1.165) is 16.7 Å². The Balaban J connectivity index is 1.69. The third kappa shape index (κ3) is 4.93. The molecule has 1 heterocycles. The Morgan fingerprint density at radius 3 is 2.52 bits per heavy atom. The van der Waals surface area contributed by atoms with Gasteiger partial charge in [-0.05, 0) is 23.8 Å². The first-order chi connectivity index (χ1) is 14.8. The molecule has 0 aromatic heterocycles. The van der Waals surface area contributed by atoms with Crippen molar-refractivity contribution in [1.29, 1.82) is 0 Å². The summed E-state index contributed by atoms with van der Waals surface area (Å²) in [4.78, 5) is 47.1. The summed E-state index contributed by atoms with van der Waals surface area (Å²) < 4.78 is 0. The minimum atomic E-state index is -1.37. The molecule has 158 valence electrons. The van der Waals surface area contributed by atoms with E-state index in [0.29, 0.717) is 0 Å². The number of carbonyl (C=O) groups is 3. The molecule has 2 aromatic rings. The number of aromatic carboxylic acids is 1. The number of carboxylic acid groups (broad SMARTS) is 1. The summed E-state index contributed by atoms with van der Waals surface area (Å²) in [6, 6.07) is 11.1. The quantitative estimate of drug-likeness (QED) is 0.224. The number of imide groups is 1. The summed E-state index contributed by atoms with van der Waals surface area (Å²) in [5.74, 6) is -2.37. The molecule has 0 saturated carbocycles. The molecule has 11 nitrogen and oxygen atoms in total. The van der Waals surface area contributed by atoms with Gasteiger partial charge in [-0.15, -0.1) is 5.10 Å². The molecule has 0 unspecified atom stereocenters. The van der Waals surface area contributed by atoms with Crippen LogP contribution < -0.4 is 15.7 Å². The molecule has 1 aliphatic heterocycles. The number of amides is 2. The second kappa shape index (κ2) is 9.17. The van der Waals surface area contributed by atoms with Crippen LogP contribution in [0.25, 0.3) is 0 Å². The van der Waals surface area contributed by atoms with Crippen molar-refractivity contribution in [3.8, 4) is 0 Å². The van der Waals surface area contributed by atoms with Crippen molar-refractivity contribution in [3.05, 3.63) is 69.8 Å². The van der Waals surface area contributed by atoms with E-state index in [-0.39, 0.29) is 34.1 Å². The van der Waals surface area contributed by atoms with E-state index in [9.17, 15) is 29.6 Å². The molecule has 1 saturated heterocycles. The first-order valence-electron chi connectivity index (χ1n) is 8.72. The number of anilines is 1. The van der Waals surface area contributed by atoms with Gasteiger partial charge < -0.3 is 15.6 Å². The molecule has 3 rings (SSSR count). The van der Waals surface area contributed by atoms with Crippen molar-refractivity contribution in [2.75, 3.05) is 4.90 Å². The van der Waals surface area contributed by atoms with E-state index in [1.165, 1.54) is 48.7 Å². The summed E-state index contributed by atoms with van der Waals surface area (Å²) in [6.45, 7) is 0. The van der Waals surface area contributed by atoms with E-state index >= 15 is 0 Å². The van der Waals surface area contributed by atoms with Gasteiger partial charge in [-0.25, -0.2) is 4.90 Å². The van der Waals surface area contributed by atoms with Crippen molar-refractivity contribution in [1.82, 2.24) is 0 Å². The van der Waals surface area contributed by atoms with Crippen LogP contribution in [-0.4, -0.2) is 39.3 Å². The Morgan fingerprint density at radius 1 is 1.19 bits per heavy atom. The second-order valence-electron chi connectivity index (χ2n) is 6.21. The van der Waals surface area contributed by atoms with E-state index < -0.39 is 28.0 Å². The smallest absolute Gasteiger partial charge is 0.278 e. The highest BCUT2D eigenvalue weighted by atomic mass is 32.2. The van der Waals surface area contributed by atoms with Crippen molar-refractivity contribution >= 4 is 52.3 Å². The SMILES string of the molecule is NC(=N/N=C\c1ccccc1[N+](=O)[O-])S[C@H]1CC(=O)N(c2ccc(C(=O)[O-])cc2)C1=O. The highest BCUT2D eigenvalue weighted by Gasteiger charge is 2.40. The van der Waals surface area contributed by atoms with E-state index in [2.05, 4.69) is 10.2 Å².